The first kappa shape index (κ1) is 13.2. The van der Waals surface area contributed by atoms with Crippen LogP contribution in [0.2, 0.25) is 0 Å². The van der Waals surface area contributed by atoms with Crippen molar-refractivity contribution in [1.82, 2.24) is 4.90 Å². The highest BCUT2D eigenvalue weighted by molar-refractivity contribution is 5.76. The van der Waals surface area contributed by atoms with Crippen LogP contribution in [0.1, 0.15) is 44.8 Å². The van der Waals surface area contributed by atoms with E-state index >= 15 is 0 Å². The van der Waals surface area contributed by atoms with Crippen LogP contribution in [0, 0.1) is 5.92 Å². The maximum absolute atomic E-state index is 12.2. The van der Waals surface area contributed by atoms with Gasteiger partial charge in [0.25, 0.3) is 0 Å². The number of aryl methyl sites for hydroxylation is 1. The summed E-state index contributed by atoms with van der Waals surface area (Å²) in [6.45, 7) is 2.26. The van der Waals surface area contributed by atoms with Crippen molar-refractivity contribution in [3.05, 3.63) is 24.2 Å². The smallest absolute Gasteiger partial charge is 0.223 e. The molecule has 3 nitrogen and oxygen atoms in total. The Balaban J connectivity index is 1.84. The molecule has 1 saturated carbocycles. The van der Waals surface area contributed by atoms with Crippen molar-refractivity contribution in [3.63, 3.8) is 0 Å². The maximum Gasteiger partial charge on any atom is 0.223 e. The Morgan fingerprint density at radius 3 is 2.89 bits per heavy atom. The number of carbonyl (C=O) groups excluding carboxylic acids is 1. The molecule has 100 valence electrons. The Bertz CT molecular complexity index is 372. The van der Waals surface area contributed by atoms with Crippen LogP contribution in [0.5, 0.6) is 0 Å². The molecule has 0 N–H and O–H groups in total. The molecule has 1 aromatic rings. The summed E-state index contributed by atoms with van der Waals surface area (Å²) in [7, 11) is 1.96. The molecule has 18 heavy (non-hydrogen) atoms. The second-order valence-corrected chi connectivity index (χ2v) is 5.41. The SMILES string of the molecule is CC1CCCCC1N(C)C(=O)CCc1ccco1. The summed E-state index contributed by atoms with van der Waals surface area (Å²) in [4.78, 5) is 14.1. The third-order valence-electron chi connectivity index (χ3n) is 4.12. The van der Waals surface area contributed by atoms with E-state index in [-0.39, 0.29) is 5.91 Å². The molecule has 0 spiro atoms. The molecule has 1 amide bonds. The summed E-state index contributed by atoms with van der Waals surface area (Å²) in [6.07, 6.45) is 7.89. The van der Waals surface area contributed by atoms with Crippen LogP contribution in [-0.2, 0) is 11.2 Å². The van der Waals surface area contributed by atoms with Crippen molar-refractivity contribution in [3.8, 4) is 0 Å². The predicted octanol–water partition coefficient (Wildman–Crippen LogP) is 3.25. The largest absolute Gasteiger partial charge is 0.469 e. The number of amides is 1. The number of furan rings is 1. The molecule has 0 aromatic carbocycles. The minimum atomic E-state index is 0.241. The zero-order valence-electron chi connectivity index (χ0n) is 11.4. The molecule has 2 rings (SSSR count). The fourth-order valence-electron chi connectivity index (χ4n) is 2.92. The van der Waals surface area contributed by atoms with Crippen molar-refractivity contribution < 1.29 is 9.21 Å². The molecular weight excluding hydrogens is 226 g/mol. The van der Waals surface area contributed by atoms with Crippen molar-refractivity contribution in [1.29, 1.82) is 0 Å². The Kier molecular flexibility index (Phi) is 4.45. The maximum atomic E-state index is 12.2. The van der Waals surface area contributed by atoms with Crippen LogP contribution >= 0.6 is 0 Å². The van der Waals surface area contributed by atoms with E-state index in [2.05, 4.69) is 6.92 Å². The summed E-state index contributed by atoms with van der Waals surface area (Å²) in [5, 5.41) is 0. The topological polar surface area (TPSA) is 33.5 Å². The molecule has 2 unspecified atom stereocenters. The lowest BCUT2D eigenvalue weighted by molar-refractivity contribution is -0.133. The summed E-state index contributed by atoms with van der Waals surface area (Å²) in [5.74, 6) is 1.77. The molecule has 3 heteroatoms. The molecule has 1 aliphatic carbocycles. The van der Waals surface area contributed by atoms with Gasteiger partial charge in [-0.2, -0.15) is 0 Å². The minimum Gasteiger partial charge on any atom is -0.469 e. The van der Waals surface area contributed by atoms with Crippen molar-refractivity contribution in [2.24, 2.45) is 5.92 Å². The Morgan fingerprint density at radius 2 is 2.22 bits per heavy atom. The normalized spacial score (nSPS) is 23.9. The zero-order valence-corrected chi connectivity index (χ0v) is 11.4. The first-order chi connectivity index (χ1) is 8.68. The number of carbonyl (C=O) groups is 1. The molecule has 1 aromatic heterocycles. The van der Waals surface area contributed by atoms with E-state index in [1.54, 1.807) is 6.26 Å². The summed E-state index contributed by atoms with van der Waals surface area (Å²) in [6, 6.07) is 4.23. The first-order valence-corrected chi connectivity index (χ1v) is 6.96. The van der Waals surface area contributed by atoms with Crippen LogP contribution in [0.25, 0.3) is 0 Å². The van der Waals surface area contributed by atoms with Crippen LogP contribution < -0.4 is 0 Å². The van der Waals surface area contributed by atoms with Crippen LogP contribution in [0.3, 0.4) is 0 Å². The van der Waals surface area contributed by atoms with E-state index in [1.807, 2.05) is 24.1 Å². The highest BCUT2D eigenvalue weighted by Crippen LogP contribution is 2.27. The van der Waals surface area contributed by atoms with Crippen molar-refractivity contribution in [2.45, 2.75) is 51.5 Å². The molecule has 0 bridgehead atoms. The van der Waals surface area contributed by atoms with Crippen LogP contribution in [0.15, 0.2) is 22.8 Å². The van der Waals surface area contributed by atoms with Gasteiger partial charge in [0.05, 0.1) is 6.26 Å². The molecule has 2 atom stereocenters. The van der Waals surface area contributed by atoms with E-state index in [4.69, 9.17) is 4.42 Å². The molecule has 1 aliphatic rings. The van der Waals surface area contributed by atoms with E-state index in [9.17, 15) is 4.79 Å². The number of nitrogens with zero attached hydrogens (tertiary/aromatic N) is 1. The van der Waals surface area contributed by atoms with Gasteiger partial charge < -0.3 is 9.32 Å². The molecule has 0 aliphatic heterocycles. The van der Waals surface area contributed by atoms with Gasteiger partial charge in [0.15, 0.2) is 0 Å². The standard InChI is InChI=1S/C15H23NO2/c1-12-6-3-4-8-14(12)16(2)15(17)10-9-13-7-5-11-18-13/h5,7,11-12,14H,3-4,6,8-10H2,1-2H3. The number of hydrogen-bond donors (Lipinski definition) is 0. The second kappa shape index (κ2) is 6.07. The van der Waals surface area contributed by atoms with Gasteiger partial charge in [-0.05, 0) is 30.9 Å². The molecule has 0 radical (unpaired) electrons. The second-order valence-electron chi connectivity index (χ2n) is 5.41. The average Bonchev–Trinajstić information content (AvgIpc) is 2.89. The van der Waals surface area contributed by atoms with E-state index in [1.165, 1.54) is 19.3 Å². The Labute approximate surface area is 109 Å². The highest BCUT2D eigenvalue weighted by Gasteiger charge is 2.27. The zero-order chi connectivity index (χ0) is 13.0. The quantitative estimate of drug-likeness (QED) is 0.820. The third kappa shape index (κ3) is 3.15. The fourth-order valence-corrected chi connectivity index (χ4v) is 2.92. The molecule has 0 saturated heterocycles. The summed E-state index contributed by atoms with van der Waals surface area (Å²) in [5.41, 5.74) is 0. The van der Waals surface area contributed by atoms with Gasteiger partial charge >= 0.3 is 0 Å². The summed E-state index contributed by atoms with van der Waals surface area (Å²) < 4.78 is 5.26. The van der Waals surface area contributed by atoms with Gasteiger partial charge in [-0.1, -0.05) is 19.8 Å². The fraction of sp³-hybridized carbons (Fsp3) is 0.667. The van der Waals surface area contributed by atoms with Crippen molar-refractivity contribution >= 4 is 5.91 Å². The van der Waals surface area contributed by atoms with Crippen LogP contribution in [0.4, 0.5) is 0 Å². The Hall–Kier alpha value is -1.25. The first-order valence-electron chi connectivity index (χ1n) is 6.96. The molecular formula is C15H23NO2. The molecule has 1 fully saturated rings. The van der Waals surface area contributed by atoms with Gasteiger partial charge in [-0.15, -0.1) is 0 Å². The van der Waals surface area contributed by atoms with E-state index in [0.29, 0.717) is 24.8 Å². The number of hydrogen-bond acceptors (Lipinski definition) is 2. The van der Waals surface area contributed by atoms with Gasteiger partial charge in [0.2, 0.25) is 5.91 Å². The van der Waals surface area contributed by atoms with Gasteiger partial charge in [-0.25, -0.2) is 0 Å². The number of rotatable bonds is 4. The van der Waals surface area contributed by atoms with Gasteiger partial charge in [0.1, 0.15) is 5.76 Å². The lowest BCUT2D eigenvalue weighted by Gasteiger charge is -2.36. The van der Waals surface area contributed by atoms with Crippen LogP contribution in [-0.4, -0.2) is 23.9 Å². The average molecular weight is 249 g/mol. The highest BCUT2D eigenvalue weighted by atomic mass is 16.3. The lowest BCUT2D eigenvalue weighted by atomic mass is 9.85. The molecule has 1 heterocycles. The van der Waals surface area contributed by atoms with E-state index < -0.39 is 0 Å². The minimum absolute atomic E-state index is 0.241. The van der Waals surface area contributed by atoms with E-state index in [0.717, 1.165) is 12.2 Å². The van der Waals surface area contributed by atoms with Gasteiger partial charge in [-0.3, -0.25) is 4.79 Å². The predicted molar refractivity (Wildman–Crippen MR) is 71.2 cm³/mol. The lowest BCUT2D eigenvalue weighted by Crippen LogP contribution is -2.42. The summed E-state index contributed by atoms with van der Waals surface area (Å²) >= 11 is 0. The Morgan fingerprint density at radius 1 is 1.44 bits per heavy atom. The monoisotopic (exact) mass is 249 g/mol. The van der Waals surface area contributed by atoms with Gasteiger partial charge in [0, 0.05) is 25.9 Å². The van der Waals surface area contributed by atoms with Crippen molar-refractivity contribution in [2.75, 3.05) is 7.05 Å². The third-order valence-corrected chi connectivity index (χ3v) is 4.12.